The summed E-state index contributed by atoms with van der Waals surface area (Å²) in [5, 5.41) is 6.77. The van der Waals surface area contributed by atoms with Crippen molar-refractivity contribution in [3.05, 3.63) is 52.6 Å². The fraction of sp³-hybridized carbons (Fsp3) is 0.0769. The number of anilines is 1. The molecule has 3 rings (SSSR count). The topological polar surface area (TPSA) is 90.0 Å². The molecule has 1 amide bonds. The van der Waals surface area contributed by atoms with Gasteiger partial charge >= 0.3 is 0 Å². The smallest absolute Gasteiger partial charge is 0.264 e. The first kappa shape index (κ1) is 12.1. The molecule has 3 heterocycles. The third-order valence-corrected chi connectivity index (χ3v) is 2.89. The highest BCUT2D eigenvalue weighted by atomic mass is 16.5. The molecule has 0 unspecified atom stereocenters. The molecule has 0 aliphatic carbocycles. The van der Waals surface area contributed by atoms with Crippen LogP contribution >= 0.6 is 0 Å². The van der Waals surface area contributed by atoms with Gasteiger partial charge in [-0.3, -0.25) is 14.2 Å². The van der Waals surface area contributed by atoms with Crippen LogP contribution in [0.5, 0.6) is 0 Å². The number of pyridine rings is 2. The third kappa shape index (κ3) is 1.95. The second kappa shape index (κ2) is 4.61. The number of rotatable bonds is 2. The third-order valence-electron chi connectivity index (χ3n) is 2.89. The molecule has 0 fully saturated rings. The van der Waals surface area contributed by atoms with Crippen molar-refractivity contribution in [2.45, 2.75) is 0 Å². The van der Waals surface area contributed by atoms with E-state index in [9.17, 15) is 9.59 Å². The molecule has 0 atom stereocenters. The summed E-state index contributed by atoms with van der Waals surface area (Å²) in [6, 6.07) is 6.53. The van der Waals surface area contributed by atoms with E-state index >= 15 is 0 Å². The molecule has 7 heteroatoms. The normalized spacial score (nSPS) is 10.7. The molecule has 100 valence electrons. The van der Waals surface area contributed by atoms with Crippen LogP contribution < -0.4 is 10.9 Å². The van der Waals surface area contributed by atoms with Crippen molar-refractivity contribution in [3.63, 3.8) is 0 Å². The number of nitrogens with zero attached hydrogens (tertiary/aromatic N) is 3. The van der Waals surface area contributed by atoms with E-state index in [-0.39, 0.29) is 11.4 Å². The summed E-state index contributed by atoms with van der Waals surface area (Å²) in [5.41, 5.74) is 0.128. The summed E-state index contributed by atoms with van der Waals surface area (Å²) in [6.45, 7) is 0. The number of hydrogen-bond acceptors (Lipinski definition) is 5. The van der Waals surface area contributed by atoms with Crippen molar-refractivity contribution in [3.8, 4) is 0 Å². The van der Waals surface area contributed by atoms with E-state index in [1.807, 2.05) is 0 Å². The highest BCUT2D eigenvalue weighted by molar-refractivity contribution is 6.05. The predicted molar refractivity (Wildman–Crippen MR) is 71.4 cm³/mol. The summed E-state index contributed by atoms with van der Waals surface area (Å²) in [7, 11) is 1.57. The van der Waals surface area contributed by atoms with Crippen molar-refractivity contribution in [2.75, 3.05) is 5.32 Å². The largest absolute Gasteiger partial charge is 0.363 e. The Kier molecular flexibility index (Phi) is 2.79. The number of fused-ring (bicyclic) bond motifs is 1. The van der Waals surface area contributed by atoms with Crippen LogP contribution in [-0.2, 0) is 7.05 Å². The van der Waals surface area contributed by atoms with E-state index in [1.165, 1.54) is 23.0 Å². The van der Waals surface area contributed by atoms with E-state index in [1.54, 1.807) is 25.4 Å². The molecular weight excluding hydrogens is 260 g/mol. The van der Waals surface area contributed by atoms with Gasteiger partial charge in [-0.25, -0.2) is 4.98 Å². The first-order chi connectivity index (χ1) is 9.66. The number of amides is 1. The van der Waals surface area contributed by atoms with Gasteiger partial charge in [-0.05, 0) is 18.2 Å². The lowest BCUT2D eigenvalue weighted by atomic mass is 10.2. The quantitative estimate of drug-likeness (QED) is 0.755. The molecule has 0 saturated carbocycles. The summed E-state index contributed by atoms with van der Waals surface area (Å²) in [4.78, 5) is 28.4. The monoisotopic (exact) mass is 270 g/mol. The standard InChI is InChI=1S/C13H10N4O3/c1-17-11-8(3-2-5-14-11)7-9(13(17)19)12(18)15-10-4-6-20-16-10/h2-7H,1H3,(H,15,16,18). The number of hydrogen-bond donors (Lipinski definition) is 1. The van der Waals surface area contributed by atoms with Gasteiger partial charge in [0.25, 0.3) is 11.5 Å². The Labute approximate surface area is 112 Å². The first-order valence-corrected chi connectivity index (χ1v) is 5.83. The van der Waals surface area contributed by atoms with Gasteiger partial charge in [0.2, 0.25) is 0 Å². The van der Waals surface area contributed by atoms with Crippen molar-refractivity contribution in [2.24, 2.45) is 7.05 Å². The SMILES string of the molecule is Cn1c(=O)c(C(=O)Nc2ccon2)cc2cccnc21. The number of carbonyl (C=O) groups is 1. The van der Waals surface area contributed by atoms with Crippen LogP contribution in [0.3, 0.4) is 0 Å². The van der Waals surface area contributed by atoms with Crippen molar-refractivity contribution >= 4 is 22.8 Å². The Hall–Kier alpha value is -2.96. The van der Waals surface area contributed by atoms with Gasteiger partial charge in [-0.15, -0.1) is 0 Å². The Bertz CT molecular complexity index is 836. The number of aryl methyl sites for hydroxylation is 1. The lowest BCUT2D eigenvalue weighted by Gasteiger charge is -2.07. The van der Waals surface area contributed by atoms with Gasteiger partial charge < -0.3 is 9.84 Å². The molecule has 7 nitrogen and oxygen atoms in total. The van der Waals surface area contributed by atoms with Crippen LogP contribution in [0.25, 0.3) is 11.0 Å². The molecule has 0 aliphatic heterocycles. The maximum atomic E-state index is 12.2. The molecule has 20 heavy (non-hydrogen) atoms. The predicted octanol–water partition coefficient (Wildman–Crippen LogP) is 1.17. The first-order valence-electron chi connectivity index (χ1n) is 5.83. The fourth-order valence-electron chi connectivity index (χ4n) is 1.92. The second-order valence-corrected chi connectivity index (χ2v) is 4.18. The van der Waals surface area contributed by atoms with Gasteiger partial charge in [0.05, 0.1) is 0 Å². The van der Waals surface area contributed by atoms with Crippen molar-refractivity contribution < 1.29 is 9.32 Å². The minimum atomic E-state index is -0.537. The Morgan fingerprint density at radius 1 is 1.40 bits per heavy atom. The maximum Gasteiger partial charge on any atom is 0.264 e. The highest BCUT2D eigenvalue weighted by Crippen LogP contribution is 2.11. The maximum absolute atomic E-state index is 12.2. The van der Waals surface area contributed by atoms with Crippen molar-refractivity contribution in [1.82, 2.24) is 14.7 Å². The Morgan fingerprint density at radius 3 is 3.00 bits per heavy atom. The van der Waals surface area contributed by atoms with Gasteiger partial charge in [0.1, 0.15) is 17.5 Å². The van der Waals surface area contributed by atoms with Crippen LogP contribution in [0.2, 0.25) is 0 Å². The van der Waals surface area contributed by atoms with Gasteiger partial charge in [0.15, 0.2) is 5.82 Å². The van der Waals surface area contributed by atoms with E-state index in [0.717, 1.165) is 0 Å². The summed E-state index contributed by atoms with van der Waals surface area (Å²) in [6.07, 6.45) is 2.93. The molecule has 3 aromatic heterocycles. The average Bonchev–Trinajstić information content (AvgIpc) is 2.95. The van der Waals surface area contributed by atoms with Crippen LogP contribution in [0.15, 0.2) is 46.0 Å². The van der Waals surface area contributed by atoms with E-state index in [4.69, 9.17) is 0 Å². The highest BCUT2D eigenvalue weighted by Gasteiger charge is 2.15. The zero-order chi connectivity index (χ0) is 14.1. The molecule has 0 saturated heterocycles. The zero-order valence-electron chi connectivity index (χ0n) is 10.5. The fourth-order valence-corrected chi connectivity index (χ4v) is 1.92. The molecule has 0 aromatic carbocycles. The number of aromatic nitrogens is 3. The van der Waals surface area contributed by atoms with Crippen LogP contribution in [0.1, 0.15) is 10.4 Å². The Morgan fingerprint density at radius 2 is 2.25 bits per heavy atom. The molecule has 0 aliphatic rings. The molecule has 0 radical (unpaired) electrons. The van der Waals surface area contributed by atoms with E-state index in [0.29, 0.717) is 11.0 Å². The second-order valence-electron chi connectivity index (χ2n) is 4.18. The molecule has 3 aromatic rings. The van der Waals surface area contributed by atoms with Crippen LogP contribution in [0.4, 0.5) is 5.82 Å². The number of carbonyl (C=O) groups excluding carboxylic acids is 1. The minimum Gasteiger partial charge on any atom is -0.363 e. The van der Waals surface area contributed by atoms with Gasteiger partial charge in [-0.1, -0.05) is 5.16 Å². The lowest BCUT2D eigenvalue weighted by molar-refractivity contribution is 0.102. The van der Waals surface area contributed by atoms with Crippen LogP contribution in [-0.4, -0.2) is 20.6 Å². The minimum absolute atomic E-state index is 0.0241. The lowest BCUT2D eigenvalue weighted by Crippen LogP contribution is -2.28. The van der Waals surface area contributed by atoms with Crippen LogP contribution in [0, 0.1) is 0 Å². The summed E-state index contributed by atoms with van der Waals surface area (Å²) >= 11 is 0. The average molecular weight is 270 g/mol. The molecule has 0 bridgehead atoms. The molecule has 1 N–H and O–H groups in total. The van der Waals surface area contributed by atoms with Gasteiger partial charge in [0, 0.05) is 24.7 Å². The van der Waals surface area contributed by atoms with Gasteiger partial charge in [-0.2, -0.15) is 0 Å². The zero-order valence-corrected chi connectivity index (χ0v) is 10.5. The molecular formula is C13H10N4O3. The van der Waals surface area contributed by atoms with E-state index < -0.39 is 11.5 Å². The Balaban J connectivity index is 2.09. The molecule has 0 spiro atoms. The van der Waals surface area contributed by atoms with E-state index in [2.05, 4.69) is 20.0 Å². The summed E-state index contributed by atoms with van der Waals surface area (Å²) < 4.78 is 5.96. The summed E-state index contributed by atoms with van der Waals surface area (Å²) in [5.74, 6) is -0.284. The van der Waals surface area contributed by atoms with Crippen molar-refractivity contribution in [1.29, 1.82) is 0 Å². The number of nitrogens with one attached hydrogen (secondary N) is 1.